The Hall–Kier alpha value is -2.03. The second-order valence-electron chi connectivity index (χ2n) is 6.08. The number of hydrogen-bond donors (Lipinski definition) is 1. The standard InChI is InChI=1S/C18H21N3O3S2/c1-12-16(11-15-7-5-4-6-8-15)25-17(20-12)9-10-19-26(22,23)18-13(2)21-24-14(18)3/h4-8,19H,9-11H2,1-3H3. The normalized spacial score (nSPS) is 11.8. The van der Waals surface area contributed by atoms with Crippen LogP contribution in [0.15, 0.2) is 39.8 Å². The van der Waals surface area contributed by atoms with E-state index in [0.717, 1.165) is 17.1 Å². The summed E-state index contributed by atoms with van der Waals surface area (Å²) in [7, 11) is -3.63. The van der Waals surface area contributed by atoms with Crippen molar-refractivity contribution in [1.82, 2.24) is 14.9 Å². The second-order valence-corrected chi connectivity index (χ2v) is 8.95. The number of sulfonamides is 1. The fourth-order valence-corrected chi connectivity index (χ4v) is 5.22. The number of aromatic nitrogens is 2. The van der Waals surface area contributed by atoms with Crippen molar-refractivity contribution in [2.45, 2.75) is 38.5 Å². The molecule has 0 unspecified atom stereocenters. The molecule has 0 amide bonds. The van der Waals surface area contributed by atoms with Gasteiger partial charge in [0.1, 0.15) is 10.6 Å². The minimum Gasteiger partial charge on any atom is -0.360 e. The van der Waals surface area contributed by atoms with Gasteiger partial charge in [0.15, 0.2) is 5.76 Å². The maximum Gasteiger partial charge on any atom is 0.245 e. The molecule has 0 aliphatic heterocycles. The molecular formula is C18H21N3O3S2. The molecule has 8 heteroatoms. The molecule has 0 saturated heterocycles. The second kappa shape index (κ2) is 7.69. The molecule has 3 rings (SSSR count). The van der Waals surface area contributed by atoms with Crippen LogP contribution in [0.3, 0.4) is 0 Å². The Balaban J connectivity index is 1.63. The van der Waals surface area contributed by atoms with E-state index < -0.39 is 10.0 Å². The third kappa shape index (κ3) is 4.20. The van der Waals surface area contributed by atoms with Crippen LogP contribution in [-0.4, -0.2) is 25.1 Å². The predicted octanol–water partition coefficient (Wildman–Crippen LogP) is 3.17. The average Bonchev–Trinajstić information content (AvgIpc) is 3.11. The molecule has 3 aromatic rings. The third-order valence-electron chi connectivity index (χ3n) is 4.01. The highest BCUT2D eigenvalue weighted by Gasteiger charge is 2.23. The molecule has 0 aliphatic carbocycles. The summed E-state index contributed by atoms with van der Waals surface area (Å²) in [5.74, 6) is 0.297. The maximum atomic E-state index is 12.4. The zero-order valence-electron chi connectivity index (χ0n) is 14.9. The van der Waals surface area contributed by atoms with Crippen molar-refractivity contribution in [3.05, 3.63) is 62.9 Å². The summed E-state index contributed by atoms with van der Waals surface area (Å²) in [6.07, 6.45) is 1.39. The highest BCUT2D eigenvalue weighted by Crippen LogP contribution is 2.22. The lowest BCUT2D eigenvalue weighted by Crippen LogP contribution is -2.26. The van der Waals surface area contributed by atoms with Crippen molar-refractivity contribution in [2.24, 2.45) is 0 Å². The summed E-state index contributed by atoms with van der Waals surface area (Å²) in [6.45, 7) is 5.48. The van der Waals surface area contributed by atoms with Crippen LogP contribution in [0.2, 0.25) is 0 Å². The van der Waals surface area contributed by atoms with E-state index in [1.807, 2.05) is 25.1 Å². The summed E-state index contributed by atoms with van der Waals surface area (Å²) >= 11 is 1.63. The van der Waals surface area contributed by atoms with Gasteiger partial charge in [-0.15, -0.1) is 11.3 Å². The van der Waals surface area contributed by atoms with Gasteiger partial charge in [0.05, 0.1) is 10.7 Å². The zero-order valence-corrected chi connectivity index (χ0v) is 16.6. The molecule has 26 heavy (non-hydrogen) atoms. The first-order valence-corrected chi connectivity index (χ1v) is 10.6. The molecular weight excluding hydrogens is 370 g/mol. The fraction of sp³-hybridized carbons (Fsp3) is 0.333. The number of thiazole rings is 1. The van der Waals surface area contributed by atoms with Crippen LogP contribution in [0.5, 0.6) is 0 Å². The highest BCUT2D eigenvalue weighted by molar-refractivity contribution is 7.89. The van der Waals surface area contributed by atoms with Crippen molar-refractivity contribution in [2.75, 3.05) is 6.54 Å². The van der Waals surface area contributed by atoms with Gasteiger partial charge in [-0.3, -0.25) is 0 Å². The molecule has 6 nitrogen and oxygen atoms in total. The first kappa shape index (κ1) is 18.8. The molecule has 0 atom stereocenters. The van der Waals surface area contributed by atoms with Crippen LogP contribution >= 0.6 is 11.3 Å². The number of hydrogen-bond acceptors (Lipinski definition) is 6. The van der Waals surface area contributed by atoms with Gasteiger partial charge in [0.25, 0.3) is 0 Å². The smallest absolute Gasteiger partial charge is 0.245 e. The SMILES string of the molecule is Cc1nc(CCNS(=O)(=O)c2c(C)noc2C)sc1Cc1ccccc1. The lowest BCUT2D eigenvalue weighted by molar-refractivity contribution is 0.390. The Morgan fingerprint density at radius 2 is 1.85 bits per heavy atom. The minimum absolute atomic E-state index is 0.123. The highest BCUT2D eigenvalue weighted by atomic mass is 32.2. The molecule has 1 aromatic carbocycles. The predicted molar refractivity (Wildman–Crippen MR) is 101 cm³/mol. The van der Waals surface area contributed by atoms with Crippen molar-refractivity contribution in [3.8, 4) is 0 Å². The van der Waals surface area contributed by atoms with Crippen LogP contribution < -0.4 is 4.72 Å². The summed E-state index contributed by atoms with van der Waals surface area (Å²) in [4.78, 5) is 5.91. The van der Waals surface area contributed by atoms with Crippen molar-refractivity contribution < 1.29 is 12.9 Å². The quantitative estimate of drug-likeness (QED) is 0.669. The lowest BCUT2D eigenvalue weighted by Gasteiger charge is -2.04. The first-order valence-electron chi connectivity index (χ1n) is 8.28. The Morgan fingerprint density at radius 1 is 1.12 bits per heavy atom. The Morgan fingerprint density at radius 3 is 2.50 bits per heavy atom. The van der Waals surface area contributed by atoms with Gasteiger partial charge in [0, 0.05) is 24.3 Å². The summed E-state index contributed by atoms with van der Waals surface area (Å²) in [6, 6.07) is 10.2. The van der Waals surface area contributed by atoms with E-state index in [1.165, 1.54) is 10.4 Å². The Labute approximate surface area is 157 Å². The first-order chi connectivity index (χ1) is 12.4. The molecule has 0 fully saturated rings. The lowest BCUT2D eigenvalue weighted by atomic mass is 10.1. The number of rotatable bonds is 7. The molecule has 1 N–H and O–H groups in total. The summed E-state index contributed by atoms with van der Waals surface area (Å²) in [5, 5.41) is 4.62. The minimum atomic E-state index is -3.63. The van der Waals surface area contributed by atoms with Crippen LogP contribution in [0.4, 0.5) is 0 Å². The van der Waals surface area contributed by atoms with Crippen molar-refractivity contribution >= 4 is 21.4 Å². The van der Waals surface area contributed by atoms with E-state index in [9.17, 15) is 8.42 Å². The van der Waals surface area contributed by atoms with E-state index in [4.69, 9.17) is 4.52 Å². The Bertz CT molecular complexity index is 973. The monoisotopic (exact) mass is 391 g/mol. The third-order valence-corrected chi connectivity index (χ3v) is 6.93. The van der Waals surface area contributed by atoms with Gasteiger partial charge < -0.3 is 4.52 Å². The number of benzene rings is 1. The molecule has 0 radical (unpaired) electrons. The number of nitrogens with zero attached hydrogens (tertiary/aromatic N) is 2. The number of aryl methyl sites for hydroxylation is 3. The van der Waals surface area contributed by atoms with E-state index in [0.29, 0.717) is 17.9 Å². The topological polar surface area (TPSA) is 85.1 Å². The molecule has 0 saturated carbocycles. The van der Waals surface area contributed by atoms with Gasteiger partial charge >= 0.3 is 0 Å². The van der Waals surface area contributed by atoms with Crippen LogP contribution in [0.25, 0.3) is 0 Å². The van der Waals surface area contributed by atoms with Gasteiger partial charge in [-0.1, -0.05) is 35.5 Å². The van der Waals surface area contributed by atoms with Gasteiger partial charge in [-0.25, -0.2) is 18.1 Å². The maximum absolute atomic E-state index is 12.4. The summed E-state index contributed by atoms with van der Waals surface area (Å²) < 4.78 is 32.4. The van der Waals surface area contributed by atoms with Crippen molar-refractivity contribution in [3.63, 3.8) is 0 Å². The van der Waals surface area contributed by atoms with E-state index in [1.54, 1.807) is 25.2 Å². The van der Waals surface area contributed by atoms with Gasteiger partial charge in [-0.05, 0) is 26.3 Å². The van der Waals surface area contributed by atoms with E-state index >= 15 is 0 Å². The molecule has 0 bridgehead atoms. The fourth-order valence-electron chi connectivity index (χ4n) is 2.76. The largest absolute Gasteiger partial charge is 0.360 e. The molecule has 2 heterocycles. The number of nitrogens with one attached hydrogen (secondary N) is 1. The molecule has 0 spiro atoms. The van der Waals surface area contributed by atoms with Crippen LogP contribution in [-0.2, 0) is 22.9 Å². The van der Waals surface area contributed by atoms with Gasteiger partial charge in [0.2, 0.25) is 10.0 Å². The van der Waals surface area contributed by atoms with Gasteiger partial charge in [-0.2, -0.15) is 0 Å². The van der Waals surface area contributed by atoms with Crippen LogP contribution in [0, 0.1) is 20.8 Å². The molecule has 0 aliphatic rings. The van der Waals surface area contributed by atoms with Crippen molar-refractivity contribution in [1.29, 1.82) is 0 Å². The zero-order chi connectivity index (χ0) is 18.7. The average molecular weight is 392 g/mol. The van der Waals surface area contributed by atoms with E-state index in [2.05, 4.69) is 27.0 Å². The van der Waals surface area contributed by atoms with Crippen LogP contribution in [0.1, 0.15) is 32.6 Å². The Kier molecular flexibility index (Phi) is 5.55. The van der Waals surface area contributed by atoms with E-state index in [-0.39, 0.29) is 11.4 Å². The molecule has 138 valence electrons. The molecule has 2 aromatic heterocycles. The summed E-state index contributed by atoms with van der Waals surface area (Å²) in [5.41, 5.74) is 2.61.